The highest BCUT2D eigenvalue weighted by molar-refractivity contribution is 6.19. The van der Waals surface area contributed by atoms with Crippen molar-refractivity contribution >= 4 is 11.8 Å². The summed E-state index contributed by atoms with van der Waals surface area (Å²) in [5.41, 5.74) is 4.07. The molecule has 2 amide bonds. The molecule has 1 aromatic carbocycles. The summed E-state index contributed by atoms with van der Waals surface area (Å²) in [5.74, 6) is 0.126. The molecule has 0 spiro atoms. The molecule has 3 heteroatoms. The highest BCUT2D eigenvalue weighted by atomic mass is 16.2. The molecule has 134 valence electrons. The smallest absolute Gasteiger partial charge is 0.257 e. The SMILES string of the molecule is CCCCCC1=C2C(=O)N(Cc3ccccc3CC2CCCC)C1=O. The van der Waals surface area contributed by atoms with Gasteiger partial charge in [0.25, 0.3) is 11.8 Å². The standard InChI is InChI=1S/C22H29NO2/c1-3-5-7-13-19-20-17(10-6-4-2)14-16-11-8-9-12-18(16)15-23(21(19)24)22(20)25/h8-9,11-12,17H,3-7,10,13-15H2,1-2H3. The van der Waals surface area contributed by atoms with Gasteiger partial charge in [-0.1, -0.05) is 63.8 Å². The van der Waals surface area contributed by atoms with Crippen LogP contribution >= 0.6 is 0 Å². The molecule has 1 unspecified atom stereocenters. The third kappa shape index (κ3) is 3.56. The van der Waals surface area contributed by atoms with Crippen LogP contribution in [0.25, 0.3) is 0 Å². The molecule has 0 saturated heterocycles. The first-order chi connectivity index (χ1) is 12.2. The predicted molar refractivity (Wildman–Crippen MR) is 99.9 cm³/mol. The van der Waals surface area contributed by atoms with Crippen molar-refractivity contribution in [1.29, 1.82) is 0 Å². The van der Waals surface area contributed by atoms with Crippen molar-refractivity contribution in [3.8, 4) is 0 Å². The van der Waals surface area contributed by atoms with Crippen LogP contribution in [0.15, 0.2) is 35.4 Å². The van der Waals surface area contributed by atoms with Gasteiger partial charge in [0.2, 0.25) is 0 Å². The average Bonchev–Trinajstić information content (AvgIpc) is 2.86. The maximum Gasteiger partial charge on any atom is 0.257 e. The highest BCUT2D eigenvalue weighted by Gasteiger charge is 2.42. The van der Waals surface area contributed by atoms with Crippen molar-refractivity contribution in [1.82, 2.24) is 4.90 Å². The highest BCUT2D eigenvalue weighted by Crippen LogP contribution is 2.38. The molecule has 0 aliphatic carbocycles. The van der Waals surface area contributed by atoms with Crippen LogP contribution in [0.5, 0.6) is 0 Å². The van der Waals surface area contributed by atoms with E-state index in [1.807, 2.05) is 6.07 Å². The number of carbonyl (C=O) groups excluding carboxylic acids is 2. The van der Waals surface area contributed by atoms with E-state index in [4.69, 9.17) is 0 Å². The number of carbonyl (C=O) groups is 2. The maximum atomic E-state index is 13.0. The zero-order valence-electron chi connectivity index (χ0n) is 15.5. The first-order valence-electron chi connectivity index (χ1n) is 9.83. The van der Waals surface area contributed by atoms with Crippen molar-refractivity contribution in [2.45, 2.75) is 71.8 Å². The molecular formula is C22H29NO2. The largest absolute Gasteiger partial charge is 0.270 e. The molecule has 2 aliphatic rings. The normalized spacial score (nSPS) is 19.9. The predicted octanol–water partition coefficient (Wildman–Crippen LogP) is 4.79. The molecule has 2 heterocycles. The summed E-state index contributed by atoms with van der Waals surface area (Å²) in [5, 5.41) is 0. The second-order valence-corrected chi connectivity index (χ2v) is 7.36. The van der Waals surface area contributed by atoms with Crippen LogP contribution in [-0.2, 0) is 22.6 Å². The van der Waals surface area contributed by atoms with Crippen LogP contribution in [-0.4, -0.2) is 16.7 Å². The lowest BCUT2D eigenvalue weighted by atomic mass is 9.83. The summed E-state index contributed by atoms with van der Waals surface area (Å²) in [6.45, 7) is 4.77. The minimum Gasteiger partial charge on any atom is -0.270 e. The molecular weight excluding hydrogens is 310 g/mol. The molecule has 0 fully saturated rings. The molecule has 0 aromatic heterocycles. The van der Waals surface area contributed by atoms with Gasteiger partial charge in [0.05, 0.1) is 6.54 Å². The zero-order chi connectivity index (χ0) is 17.8. The number of nitrogens with zero attached hydrogens (tertiary/aromatic N) is 1. The lowest BCUT2D eigenvalue weighted by Crippen LogP contribution is -2.34. The van der Waals surface area contributed by atoms with Crippen LogP contribution < -0.4 is 0 Å². The van der Waals surface area contributed by atoms with Crippen LogP contribution in [0, 0.1) is 5.92 Å². The Morgan fingerprint density at radius 1 is 0.960 bits per heavy atom. The molecule has 0 saturated carbocycles. The molecule has 1 atom stereocenters. The molecule has 2 bridgehead atoms. The first kappa shape index (κ1) is 17.9. The van der Waals surface area contributed by atoms with Crippen LogP contribution in [0.4, 0.5) is 0 Å². The van der Waals surface area contributed by atoms with E-state index in [2.05, 4.69) is 32.0 Å². The van der Waals surface area contributed by atoms with E-state index >= 15 is 0 Å². The quantitative estimate of drug-likeness (QED) is 0.529. The summed E-state index contributed by atoms with van der Waals surface area (Å²) in [6.07, 6.45) is 8.07. The van der Waals surface area contributed by atoms with Gasteiger partial charge in [-0.3, -0.25) is 14.5 Å². The lowest BCUT2D eigenvalue weighted by Gasteiger charge is -2.25. The van der Waals surface area contributed by atoms with Crippen molar-refractivity contribution in [2.75, 3.05) is 0 Å². The number of amides is 2. The fourth-order valence-corrected chi connectivity index (χ4v) is 4.15. The van der Waals surface area contributed by atoms with E-state index in [-0.39, 0.29) is 17.7 Å². The maximum absolute atomic E-state index is 13.0. The number of unbranched alkanes of at least 4 members (excludes halogenated alkanes) is 3. The van der Waals surface area contributed by atoms with Gasteiger partial charge < -0.3 is 0 Å². The van der Waals surface area contributed by atoms with Gasteiger partial charge >= 0.3 is 0 Å². The molecule has 1 aromatic rings. The van der Waals surface area contributed by atoms with Gasteiger partial charge in [-0.05, 0) is 42.7 Å². The van der Waals surface area contributed by atoms with E-state index in [0.717, 1.165) is 68.1 Å². The second-order valence-electron chi connectivity index (χ2n) is 7.36. The van der Waals surface area contributed by atoms with E-state index in [0.29, 0.717) is 6.54 Å². The molecule has 2 aliphatic heterocycles. The van der Waals surface area contributed by atoms with Crippen molar-refractivity contribution in [2.24, 2.45) is 5.92 Å². The molecule has 3 rings (SSSR count). The summed E-state index contributed by atoms with van der Waals surface area (Å²) in [6, 6.07) is 8.29. The Morgan fingerprint density at radius 2 is 1.68 bits per heavy atom. The van der Waals surface area contributed by atoms with Gasteiger partial charge in [0.1, 0.15) is 0 Å². The van der Waals surface area contributed by atoms with Gasteiger partial charge in [-0.25, -0.2) is 0 Å². The van der Waals surface area contributed by atoms with Gasteiger partial charge in [-0.2, -0.15) is 0 Å². The van der Waals surface area contributed by atoms with E-state index in [1.165, 1.54) is 10.5 Å². The summed E-state index contributed by atoms with van der Waals surface area (Å²) >= 11 is 0. The molecule has 3 nitrogen and oxygen atoms in total. The third-order valence-electron chi connectivity index (χ3n) is 5.56. The fraction of sp³-hybridized carbons (Fsp3) is 0.545. The molecule has 0 N–H and O–H groups in total. The summed E-state index contributed by atoms with van der Waals surface area (Å²) in [7, 11) is 0. The minimum atomic E-state index is -0.0331. The number of imide groups is 1. The first-order valence-corrected chi connectivity index (χ1v) is 9.83. The topological polar surface area (TPSA) is 37.4 Å². The Morgan fingerprint density at radius 3 is 2.40 bits per heavy atom. The Hall–Kier alpha value is -1.90. The van der Waals surface area contributed by atoms with E-state index in [1.54, 1.807) is 0 Å². The van der Waals surface area contributed by atoms with Gasteiger partial charge in [0, 0.05) is 11.1 Å². The van der Waals surface area contributed by atoms with Gasteiger partial charge in [0.15, 0.2) is 0 Å². The van der Waals surface area contributed by atoms with Crippen LogP contribution in [0.2, 0.25) is 0 Å². The van der Waals surface area contributed by atoms with Crippen LogP contribution in [0.1, 0.15) is 69.9 Å². The number of hydrogen-bond acceptors (Lipinski definition) is 2. The zero-order valence-corrected chi connectivity index (χ0v) is 15.5. The summed E-state index contributed by atoms with van der Waals surface area (Å²) < 4.78 is 0. The average molecular weight is 339 g/mol. The number of hydrogen-bond donors (Lipinski definition) is 0. The Bertz CT molecular complexity index is 689. The summed E-state index contributed by atoms with van der Waals surface area (Å²) in [4.78, 5) is 27.5. The lowest BCUT2D eigenvalue weighted by molar-refractivity contribution is -0.138. The van der Waals surface area contributed by atoms with Crippen molar-refractivity contribution < 1.29 is 9.59 Å². The van der Waals surface area contributed by atoms with Crippen LogP contribution in [0.3, 0.4) is 0 Å². The Labute approximate surface area is 151 Å². The minimum absolute atomic E-state index is 0.0212. The Kier molecular flexibility index (Phi) is 5.72. The Balaban J connectivity index is 2.00. The number of benzene rings is 1. The molecule has 0 radical (unpaired) electrons. The second kappa shape index (κ2) is 7.99. The fourth-order valence-electron chi connectivity index (χ4n) is 4.15. The number of fused-ring (bicyclic) bond motifs is 3. The molecule has 25 heavy (non-hydrogen) atoms. The van der Waals surface area contributed by atoms with Crippen molar-refractivity contribution in [3.05, 3.63) is 46.5 Å². The van der Waals surface area contributed by atoms with E-state index < -0.39 is 0 Å². The third-order valence-corrected chi connectivity index (χ3v) is 5.56. The van der Waals surface area contributed by atoms with E-state index in [9.17, 15) is 9.59 Å². The van der Waals surface area contributed by atoms with Crippen molar-refractivity contribution in [3.63, 3.8) is 0 Å². The monoisotopic (exact) mass is 339 g/mol. The number of rotatable bonds is 7. The van der Waals surface area contributed by atoms with Gasteiger partial charge in [-0.15, -0.1) is 0 Å².